The van der Waals surface area contributed by atoms with Crippen molar-refractivity contribution >= 4 is 0 Å². The Kier molecular flexibility index (Phi) is 3.83. The van der Waals surface area contributed by atoms with E-state index in [9.17, 15) is 4.39 Å². The van der Waals surface area contributed by atoms with Crippen molar-refractivity contribution < 1.29 is 4.39 Å². The molecule has 0 fully saturated rings. The Balaban J connectivity index is 1.98. The van der Waals surface area contributed by atoms with Gasteiger partial charge in [-0.1, -0.05) is 24.3 Å². The van der Waals surface area contributed by atoms with Crippen molar-refractivity contribution in [3.63, 3.8) is 0 Å². The summed E-state index contributed by atoms with van der Waals surface area (Å²) in [4.78, 5) is 0. The average Bonchev–Trinajstić information content (AvgIpc) is 2.49. The third kappa shape index (κ3) is 2.61. The molecule has 0 heterocycles. The molecule has 2 aromatic rings. The Morgan fingerprint density at radius 1 is 0.950 bits per heavy atom. The van der Waals surface area contributed by atoms with Crippen LogP contribution in [0.1, 0.15) is 29.5 Å². The van der Waals surface area contributed by atoms with E-state index in [1.54, 1.807) is 6.07 Å². The van der Waals surface area contributed by atoms with Gasteiger partial charge in [0.1, 0.15) is 5.82 Å². The first-order chi connectivity index (χ1) is 9.78. The molecule has 0 saturated heterocycles. The van der Waals surface area contributed by atoms with Crippen molar-refractivity contribution in [3.05, 3.63) is 58.9 Å². The molecule has 0 amide bonds. The molecule has 0 aromatic heterocycles. The van der Waals surface area contributed by atoms with Gasteiger partial charge in [0.05, 0.1) is 0 Å². The van der Waals surface area contributed by atoms with E-state index in [0.29, 0.717) is 6.54 Å². The standard InChI is InChI=1S/C18H20FN/c1-20-12-17-11-16(8-9-18(17)19)15-7-6-13-4-2-3-5-14(13)10-15/h6-11,20H,2-5,12H2,1H3. The molecule has 0 atom stereocenters. The Labute approximate surface area is 119 Å². The first-order valence-electron chi connectivity index (χ1n) is 7.33. The minimum absolute atomic E-state index is 0.138. The van der Waals surface area contributed by atoms with Gasteiger partial charge in [0.25, 0.3) is 0 Å². The SMILES string of the molecule is CNCc1cc(-c2ccc3c(c2)CCCC3)ccc1F. The van der Waals surface area contributed by atoms with E-state index < -0.39 is 0 Å². The smallest absolute Gasteiger partial charge is 0.127 e. The van der Waals surface area contributed by atoms with Gasteiger partial charge in [-0.05, 0) is 67.1 Å². The number of halogens is 1. The van der Waals surface area contributed by atoms with Crippen molar-refractivity contribution in [2.45, 2.75) is 32.2 Å². The molecule has 0 radical (unpaired) electrons. The van der Waals surface area contributed by atoms with Crippen molar-refractivity contribution in [1.82, 2.24) is 5.32 Å². The lowest BCUT2D eigenvalue weighted by Gasteiger charge is -2.17. The molecule has 2 heteroatoms. The Hall–Kier alpha value is -1.67. The first kappa shape index (κ1) is 13.3. The predicted octanol–water partition coefficient (Wildman–Crippen LogP) is 4.09. The van der Waals surface area contributed by atoms with Crippen LogP contribution in [-0.4, -0.2) is 7.05 Å². The van der Waals surface area contributed by atoms with Gasteiger partial charge < -0.3 is 5.32 Å². The molecule has 1 nitrogen and oxygen atoms in total. The highest BCUT2D eigenvalue weighted by Gasteiger charge is 2.11. The minimum Gasteiger partial charge on any atom is -0.316 e. The van der Waals surface area contributed by atoms with E-state index in [1.165, 1.54) is 42.4 Å². The van der Waals surface area contributed by atoms with Crippen molar-refractivity contribution in [1.29, 1.82) is 0 Å². The van der Waals surface area contributed by atoms with Crippen LogP contribution in [-0.2, 0) is 19.4 Å². The molecule has 1 aliphatic rings. The summed E-state index contributed by atoms with van der Waals surface area (Å²) >= 11 is 0. The number of hydrogen-bond donors (Lipinski definition) is 1. The van der Waals surface area contributed by atoms with E-state index in [0.717, 1.165) is 11.1 Å². The lowest BCUT2D eigenvalue weighted by Crippen LogP contribution is -2.07. The number of hydrogen-bond acceptors (Lipinski definition) is 1. The summed E-state index contributed by atoms with van der Waals surface area (Å²) in [5.41, 5.74) is 5.97. The fraction of sp³-hybridized carbons (Fsp3) is 0.333. The van der Waals surface area contributed by atoms with Gasteiger partial charge in [0.15, 0.2) is 0 Å². The highest BCUT2D eigenvalue weighted by atomic mass is 19.1. The van der Waals surface area contributed by atoms with Crippen LogP contribution in [0.4, 0.5) is 4.39 Å². The van der Waals surface area contributed by atoms with E-state index in [1.807, 2.05) is 19.2 Å². The summed E-state index contributed by atoms with van der Waals surface area (Å²) in [5, 5.41) is 3.01. The van der Waals surface area contributed by atoms with Crippen LogP contribution in [0.15, 0.2) is 36.4 Å². The summed E-state index contributed by atoms with van der Waals surface area (Å²) in [5.74, 6) is -0.138. The molecule has 0 bridgehead atoms. The molecule has 2 aromatic carbocycles. The zero-order valence-corrected chi connectivity index (χ0v) is 11.9. The highest BCUT2D eigenvalue weighted by molar-refractivity contribution is 5.66. The van der Waals surface area contributed by atoms with E-state index in [2.05, 4.69) is 23.5 Å². The second kappa shape index (κ2) is 5.76. The van der Waals surface area contributed by atoms with E-state index >= 15 is 0 Å². The van der Waals surface area contributed by atoms with Crippen molar-refractivity contribution in [2.24, 2.45) is 0 Å². The maximum atomic E-state index is 13.7. The van der Waals surface area contributed by atoms with Gasteiger partial charge in [0, 0.05) is 12.1 Å². The molecule has 20 heavy (non-hydrogen) atoms. The van der Waals surface area contributed by atoms with Crippen LogP contribution in [0, 0.1) is 5.82 Å². The van der Waals surface area contributed by atoms with E-state index in [-0.39, 0.29) is 5.82 Å². The lowest BCUT2D eigenvalue weighted by molar-refractivity contribution is 0.601. The van der Waals surface area contributed by atoms with Crippen LogP contribution in [0.3, 0.4) is 0 Å². The molecule has 0 spiro atoms. The average molecular weight is 269 g/mol. The summed E-state index contributed by atoms with van der Waals surface area (Å²) in [6.45, 7) is 0.560. The topological polar surface area (TPSA) is 12.0 Å². The van der Waals surface area contributed by atoms with Crippen LogP contribution in [0.2, 0.25) is 0 Å². The highest BCUT2D eigenvalue weighted by Crippen LogP contribution is 2.28. The number of fused-ring (bicyclic) bond motifs is 1. The van der Waals surface area contributed by atoms with Crippen LogP contribution < -0.4 is 5.32 Å². The second-order valence-corrected chi connectivity index (χ2v) is 5.53. The van der Waals surface area contributed by atoms with Crippen LogP contribution >= 0.6 is 0 Å². The van der Waals surface area contributed by atoms with Crippen molar-refractivity contribution in [2.75, 3.05) is 7.05 Å². The van der Waals surface area contributed by atoms with Gasteiger partial charge in [0.2, 0.25) is 0 Å². The molecule has 1 N–H and O–H groups in total. The Morgan fingerprint density at radius 2 is 1.65 bits per heavy atom. The summed E-state index contributed by atoms with van der Waals surface area (Å²) in [6, 6.07) is 12.1. The quantitative estimate of drug-likeness (QED) is 0.885. The second-order valence-electron chi connectivity index (χ2n) is 5.53. The van der Waals surface area contributed by atoms with Gasteiger partial charge in [-0.15, -0.1) is 0 Å². The largest absolute Gasteiger partial charge is 0.316 e. The number of benzene rings is 2. The van der Waals surface area contributed by atoms with Gasteiger partial charge >= 0.3 is 0 Å². The normalized spacial score (nSPS) is 14.1. The minimum atomic E-state index is -0.138. The lowest BCUT2D eigenvalue weighted by atomic mass is 9.89. The molecule has 3 rings (SSSR count). The van der Waals surface area contributed by atoms with Gasteiger partial charge in [-0.3, -0.25) is 0 Å². The summed E-state index contributed by atoms with van der Waals surface area (Å²) in [7, 11) is 1.84. The molecule has 1 aliphatic carbocycles. The molecule has 0 aliphatic heterocycles. The predicted molar refractivity (Wildman–Crippen MR) is 81.2 cm³/mol. The van der Waals surface area contributed by atoms with Crippen LogP contribution in [0.5, 0.6) is 0 Å². The van der Waals surface area contributed by atoms with Gasteiger partial charge in [-0.25, -0.2) is 4.39 Å². The summed E-state index contributed by atoms with van der Waals surface area (Å²) < 4.78 is 13.7. The van der Waals surface area contributed by atoms with Crippen molar-refractivity contribution in [3.8, 4) is 11.1 Å². The molecular weight excluding hydrogens is 249 g/mol. The zero-order valence-electron chi connectivity index (χ0n) is 11.9. The molecular formula is C18H20FN. The maximum absolute atomic E-state index is 13.7. The zero-order chi connectivity index (χ0) is 13.9. The molecule has 0 saturated carbocycles. The third-order valence-corrected chi connectivity index (χ3v) is 4.09. The fourth-order valence-corrected chi connectivity index (χ4v) is 2.99. The fourth-order valence-electron chi connectivity index (χ4n) is 2.99. The third-order valence-electron chi connectivity index (χ3n) is 4.09. The Morgan fingerprint density at radius 3 is 2.45 bits per heavy atom. The van der Waals surface area contributed by atoms with Crippen LogP contribution in [0.25, 0.3) is 11.1 Å². The number of aryl methyl sites for hydroxylation is 2. The summed E-state index contributed by atoms with van der Waals surface area (Å²) in [6.07, 6.45) is 4.96. The molecule has 104 valence electrons. The van der Waals surface area contributed by atoms with Gasteiger partial charge in [-0.2, -0.15) is 0 Å². The number of nitrogens with one attached hydrogen (secondary N) is 1. The van der Waals surface area contributed by atoms with E-state index in [4.69, 9.17) is 0 Å². The monoisotopic (exact) mass is 269 g/mol. The number of rotatable bonds is 3. The Bertz CT molecular complexity index is 619. The molecule has 0 unspecified atom stereocenters. The maximum Gasteiger partial charge on any atom is 0.127 e. The first-order valence-corrected chi connectivity index (χ1v) is 7.33.